The maximum atomic E-state index is 3.59. The van der Waals surface area contributed by atoms with E-state index in [1.807, 2.05) is 11.3 Å². The van der Waals surface area contributed by atoms with Crippen molar-refractivity contribution in [3.63, 3.8) is 0 Å². The van der Waals surface area contributed by atoms with Gasteiger partial charge in [0.05, 0.1) is 6.04 Å². The van der Waals surface area contributed by atoms with Gasteiger partial charge in [-0.1, -0.05) is 28.9 Å². The first-order valence-corrected chi connectivity index (χ1v) is 7.82. The highest BCUT2D eigenvalue weighted by molar-refractivity contribution is 9.10. The van der Waals surface area contributed by atoms with Crippen molar-refractivity contribution in [3.8, 4) is 0 Å². The van der Waals surface area contributed by atoms with Crippen molar-refractivity contribution in [1.82, 2.24) is 0 Å². The zero-order valence-corrected chi connectivity index (χ0v) is 13.4. The van der Waals surface area contributed by atoms with Gasteiger partial charge in [0.1, 0.15) is 0 Å². The molecule has 1 N–H and O–H groups in total. The number of benzene rings is 1. The number of nitrogens with one attached hydrogen (secondary N) is 1. The number of thiophene rings is 1. The Kier molecular flexibility index (Phi) is 4.46. The van der Waals surface area contributed by atoms with Crippen molar-refractivity contribution in [2.75, 3.05) is 5.32 Å². The Labute approximate surface area is 121 Å². The van der Waals surface area contributed by atoms with Crippen LogP contribution < -0.4 is 5.32 Å². The molecule has 0 bridgehead atoms. The largest absolute Gasteiger partial charge is 0.377 e. The lowest BCUT2D eigenvalue weighted by atomic mass is 10.1. The molecule has 2 aromatic rings. The van der Waals surface area contributed by atoms with E-state index < -0.39 is 0 Å². The number of hydrogen-bond acceptors (Lipinski definition) is 2. The van der Waals surface area contributed by atoms with Crippen LogP contribution >= 0.6 is 27.3 Å². The Morgan fingerprint density at radius 1 is 1.28 bits per heavy atom. The smallest absolute Gasteiger partial charge is 0.0578 e. The SMILES string of the molecule is CCc1ccc(C(C)Nc2cc(Br)ccc2C)s1. The monoisotopic (exact) mass is 323 g/mol. The third-order valence-electron chi connectivity index (χ3n) is 3.03. The molecular formula is C15H18BrNS. The molecule has 96 valence electrons. The summed E-state index contributed by atoms with van der Waals surface area (Å²) in [4.78, 5) is 2.84. The van der Waals surface area contributed by atoms with Gasteiger partial charge in [-0.25, -0.2) is 0 Å². The molecule has 0 saturated heterocycles. The molecular weight excluding hydrogens is 306 g/mol. The first-order chi connectivity index (χ1) is 8.60. The van der Waals surface area contributed by atoms with Crippen LogP contribution in [0.3, 0.4) is 0 Å². The van der Waals surface area contributed by atoms with Crippen LogP contribution in [-0.2, 0) is 6.42 Å². The van der Waals surface area contributed by atoms with Gasteiger partial charge in [0, 0.05) is 19.9 Å². The highest BCUT2D eigenvalue weighted by atomic mass is 79.9. The zero-order chi connectivity index (χ0) is 13.1. The van der Waals surface area contributed by atoms with E-state index in [9.17, 15) is 0 Å². The number of rotatable bonds is 4. The second-order valence-electron chi connectivity index (χ2n) is 4.48. The Bertz CT molecular complexity index is 533. The van der Waals surface area contributed by atoms with Crippen LogP contribution in [0.15, 0.2) is 34.8 Å². The van der Waals surface area contributed by atoms with Crippen LogP contribution in [0, 0.1) is 6.92 Å². The van der Waals surface area contributed by atoms with Gasteiger partial charge in [-0.2, -0.15) is 0 Å². The average Bonchev–Trinajstić information content (AvgIpc) is 2.82. The molecule has 0 amide bonds. The second kappa shape index (κ2) is 5.89. The standard InChI is InChI=1S/C15H18BrNS/c1-4-13-7-8-15(18-13)11(3)17-14-9-12(16)6-5-10(14)2/h5-9,11,17H,4H2,1-3H3. The molecule has 0 spiro atoms. The Balaban J connectivity index is 2.15. The van der Waals surface area contributed by atoms with E-state index in [0.717, 1.165) is 10.9 Å². The summed E-state index contributed by atoms with van der Waals surface area (Å²) < 4.78 is 1.11. The minimum Gasteiger partial charge on any atom is -0.377 e. The highest BCUT2D eigenvalue weighted by Gasteiger charge is 2.09. The van der Waals surface area contributed by atoms with E-state index >= 15 is 0 Å². The normalized spacial score (nSPS) is 12.4. The summed E-state index contributed by atoms with van der Waals surface area (Å²) in [5.74, 6) is 0. The molecule has 0 aliphatic heterocycles. The molecule has 1 aromatic carbocycles. The molecule has 1 unspecified atom stereocenters. The van der Waals surface area contributed by atoms with Gasteiger partial charge < -0.3 is 5.32 Å². The molecule has 1 heterocycles. The van der Waals surface area contributed by atoms with Crippen molar-refractivity contribution in [2.24, 2.45) is 0 Å². The summed E-state index contributed by atoms with van der Waals surface area (Å²) in [5.41, 5.74) is 2.47. The van der Waals surface area contributed by atoms with Crippen LogP contribution in [0.25, 0.3) is 0 Å². The lowest BCUT2D eigenvalue weighted by Crippen LogP contribution is -2.05. The van der Waals surface area contributed by atoms with E-state index in [0.29, 0.717) is 6.04 Å². The summed E-state index contributed by atoms with van der Waals surface area (Å²) in [7, 11) is 0. The van der Waals surface area contributed by atoms with Gasteiger partial charge in [-0.3, -0.25) is 0 Å². The number of anilines is 1. The third-order valence-corrected chi connectivity index (χ3v) is 4.93. The van der Waals surface area contributed by atoms with Crippen LogP contribution in [0.5, 0.6) is 0 Å². The van der Waals surface area contributed by atoms with Crippen LogP contribution in [0.4, 0.5) is 5.69 Å². The second-order valence-corrected chi connectivity index (χ2v) is 6.60. The lowest BCUT2D eigenvalue weighted by molar-refractivity contribution is 0.905. The number of hydrogen-bond donors (Lipinski definition) is 1. The van der Waals surface area contributed by atoms with Gasteiger partial charge in [-0.15, -0.1) is 11.3 Å². The van der Waals surface area contributed by atoms with Crippen molar-refractivity contribution in [2.45, 2.75) is 33.2 Å². The fraction of sp³-hybridized carbons (Fsp3) is 0.333. The van der Waals surface area contributed by atoms with Crippen molar-refractivity contribution in [3.05, 3.63) is 50.1 Å². The molecule has 0 aliphatic rings. The summed E-state index contributed by atoms with van der Waals surface area (Å²) in [6.07, 6.45) is 1.12. The molecule has 1 nitrogen and oxygen atoms in total. The summed E-state index contributed by atoms with van der Waals surface area (Å²) in [5, 5.41) is 3.59. The van der Waals surface area contributed by atoms with Crippen molar-refractivity contribution in [1.29, 1.82) is 0 Å². The van der Waals surface area contributed by atoms with Gasteiger partial charge >= 0.3 is 0 Å². The first kappa shape index (κ1) is 13.6. The number of aryl methyl sites for hydroxylation is 2. The Morgan fingerprint density at radius 3 is 2.72 bits per heavy atom. The molecule has 3 heteroatoms. The Morgan fingerprint density at radius 2 is 2.06 bits per heavy atom. The fourth-order valence-electron chi connectivity index (χ4n) is 1.87. The zero-order valence-electron chi connectivity index (χ0n) is 11.0. The fourth-order valence-corrected chi connectivity index (χ4v) is 3.19. The quantitative estimate of drug-likeness (QED) is 0.777. The molecule has 1 atom stereocenters. The molecule has 1 aromatic heterocycles. The van der Waals surface area contributed by atoms with E-state index in [-0.39, 0.29) is 0 Å². The Hall–Kier alpha value is -0.800. The van der Waals surface area contributed by atoms with E-state index in [2.05, 4.69) is 72.3 Å². The molecule has 2 rings (SSSR count). The van der Waals surface area contributed by atoms with Gasteiger partial charge in [0.25, 0.3) is 0 Å². The molecule has 0 saturated carbocycles. The van der Waals surface area contributed by atoms with Gasteiger partial charge in [0.15, 0.2) is 0 Å². The van der Waals surface area contributed by atoms with E-state index in [4.69, 9.17) is 0 Å². The maximum Gasteiger partial charge on any atom is 0.0578 e. The van der Waals surface area contributed by atoms with Crippen LogP contribution in [-0.4, -0.2) is 0 Å². The van der Waals surface area contributed by atoms with Crippen LogP contribution in [0.1, 0.15) is 35.2 Å². The molecule has 0 fully saturated rings. The minimum atomic E-state index is 0.350. The predicted molar refractivity (Wildman–Crippen MR) is 84.6 cm³/mol. The average molecular weight is 324 g/mol. The predicted octanol–water partition coefficient (Wildman–Crippen LogP) is 5.55. The molecule has 18 heavy (non-hydrogen) atoms. The summed E-state index contributed by atoms with van der Waals surface area (Å²) >= 11 is 5.42. The van der Waals surface area contributed by atoms with Gasteiger partial charge in [0.2, 0.25) is 0 Å². The van der Waals surface area contributed by atoms with Crippen molar-refractivity contribution < 1.29 is 0 Å². The van der Waals surface area contributed by atoms with Crippen LogP contribution in [0.2, 0.25) is 0 Å². The van der Waals surface area contributed by atoms with Gasteiger partial charge in [-0.05, 0) is 50.1 Å². The maximum absolute atomic E-state index is 3.59. The summed E-state index contributed by atoms with van der Waals surface area (Å²) in [6.45, 7) is 6.55. The lowest BCUT2D eigenvalue weighted by Gasteiger charge is -2.16. The third kappa shape index (κ3) is 3.15. The topological polar surface area (TPSA) is 12.0 Å². The van der Waals surface area contributed by atoms with E-state index in [1.165, 1.54) is 21.0 Å². The summed E-state index contributed by atoms with van der Waals surface area (Å²) in [6, 6.07) is 11.2. The minimum absolute atomic E-state index is 0.350. The van der Waals surface area contributed by atoms with E-state index in [1.54, 1.807) is 0 Å². The number of halogens is 1. The highest BCUT2D eigenvalue weighted by Crippen LogP contribution is 2.29. The molecule has 0 aliphatic carbocycles. The van der Waals surface area contributed by atoms with Crippen molar-refractivity contribution >= 4 is 33.0 Å². The first-order valence-electron chi connectivity index (χ1n) is 6.21. The molecule has 0 radical (unpaired) electrons.